The van der Waals surface area contributed by atoms with E-state index in [9.17, 15) is 14.0 Å². The van der Waals surface area contributed by atoms with Gasteiger partial charge in [-0.15, -0.1) is 0 Å². The van der Waals surface area contributed by atoms with Crippen LogP contribution in [0.3, 0.4) is 0 Å². The number of Topliss-reactive ketones (excluding diaryl/α,β-unsaturated/α-hetero) is 1. The molecular formula is C7H11FO3. The third kappa shape index (κ3) is 4.47. The van der Waals surface area contributed by atoms with E-state index in [0.29, 0.717) is 0 Å². The standard InChI is InChI=1S/C7H11FO3/c1-3-11-7(10)4-6(9)5(2)8/h5H,3-4H2,1-2H3/t5-/m1/s1. The Hall–Kier alpha value is -0.930. The molecule has 11 heavy (non-hydrogen) atoms. The monoisotopic (exact) mass is 162 g/mol. The summed E-state index contributed by atoms with van der Waals surface area (Å²) in [5.74, 6) is -1.40. The normalized spacial score (nSPS) is 12.3. The molecule has 0 aromatic heterocycles. The highest BCUT2D eigenvalue weighted by molar-refractivity contribution is 5.97. The van der Waals surface area contributed by atoms with Gasteiger partial charge in [-0.25, -0.2) is 4.39 Å². The minimum absolute atomic E-state index is 0.215. The average molecular weight is 162 g/mol. The summed E-state index contributed by atoms with van der Waals surface area (Å²) in [6, 6.07) is 0. The van der Waals surface area contributed by atoms with Gasteiger partial charge < -0.3 is 4.74 Å². The van der Waals surface area contributed by atoms with E-state index in [-0.39, 0.29) is 6.61 Å². The zero-order valence-corrected chi connectivity index (χ0v) is 6.59. The predicted octanol–water partition coefficient (Wildman–Crippen LogP) is 0.867. The summed E-state index contributed by atoms with van der Waals surface area (Å²) >= 11 is 0. The summed E-state index contributed by atoms with van der Waals surface area (Å²) in [5, 5.41) is 0. The number of ether oxygens (including phenoxy) is 1. The molecule has 0 saturated heterocycles. The number of carbonyl (C=O) groups is 2. The Kier molecular flexibility index (Phi) is 4.41. The second-order valence-corrected chi connectivity index (χ2v) is 2.06. The molecule has 0 fully saturated rings. The Morgan fingerprint density at radius 1 is 1.55 bits per heavy atom. The number of rotatable bonds is 4. The maximum absolute atomic E-state index is 12.1. The lowest BCUT2D eigenvalue weighted by Crippen LogP contribution is -2.17. The molecule has 0 bridgehead atoms. The van der Waals surface area contributed by atoms with Crippen molar-refractivity contribution in [2.24, 2.45) is 0 Å². The van der Waals surface area contributed by atoms with E-state index < -0.39 is 24.3 Å². The topological polar surface area (TPSA) is 43.4 Å². The van der Waals surface area contributed by atoms with Gasteiger partial charge in [-0.3, -0.25) is 9.59 Å². The molecule has 0 radical (unpaired) electrons. The first-order chi connectivity index (χ1) is 5.07. The lowest BCUT2D eigenvalue weighted by Gasteiger charge is -2.00. The quantitative estimate of drug-likeness (QED) is 0.455. The van der Waals surface area contributed by atoms with Crippen molar-refractivity contribution in [3.8, 4) is 0 Å². The summed E-state index contributed by atoms with van der Waals surface area (Å²) in [7, 11) is 0. The number of esters is 1. The van der Waals surface area contributed by atoms with Crippen LogP contribution in [-0.2, 0) is 14.3 Å². The van der Waals surface area contributed by atoms with Crippen molar-refractivity contribution >= 4 is 11.8 Å². The van der Waals surface area contributed by atoms with E-state index in [0.717, 1.165) is 6.92 Å². The van der Waals surface area contributed by atoms with Crippen LogP contribution in [0.4, 0.5) is 4.39 Å². The van der Waals surface area contributed by atoms with Crippen LogP contribution in [0.5, 0.6) is 0 Å². The maximum atomic E-state index is 12.1. The molecule has 0 rings (SSSR count). The predicted molar refractivity (Wildman–Crippen MR) is 36.8 cm³/mol. The molecule has 0 aliphatic heterocycles. The van der Waals surface area contributed by atoms with Gasteiger partial charge in [-0.1, -0.05) is 0 Å². The Morgan fingerprint density at radius 3 is 2.45 bits per heavy atom. The molecule has 3 nitrogen and oxygen atoms in total. The van der Waals surface area contributed by atoms with Crippen molar-refractivity contribution in [2.45, 2.75) is 26.4 Å². The van der Waals surface area contributed by atoms with Gasteiger partial charge in [0.1, 0.15) is 6.42 Å². The molecule has 0 amide bonds. The lowest BCUT2D eigenvalue weighted by atomic mass is 10.2. The van der Waals surface area contributed by atoms with Gasteiger partial charge in [0.2, 0.25) is 0 Å². The third-order valence-corrected chi connectivity index (χ3v) is 1.07. The zero-order chi connectivity index (χ0) is 8.85. The fourth-order valence-corrected chi connectivity index (χ4v) is 0.495. The summed E-state index contributed by atoms with van der Waals surface area (Å²) < 4.78 is 16.6. The molecule has 0 unspecified atom stereocenters. The van der Waals surface area contributed by atoms with Crippen molar-refractivity contribution in [3.63, 3.8) is 0 Å². The van der Waals surface area contributed by atoms with Gasteiger partial charge in [0, 0.05) is 0 Å². The Balaban J connectivity index is 3.67. The van der Waals surface area contributed by atoms with Gasteiger partial charge >= 0.3 is 5.97 Å². The molecule has 0 saturated carbocycles. The van der Waals surface area contributed by atoms with Gasteiger partial charge in [0.15, 0.2) is 12.0 Å². The molecule has 4 heteroatoms. The van der Waals surface area contributed by atoms with E-state index in [1.54, 1.807) is 6.92 Å². The minimum atomic E-state index is -1.58. The number of carbonyl (C=O) groups excluding carboxylic acids is 2. The highest BCUT2D eigenvalue weighted by atomic mass is 19.1. The first-order valence-electron chi connectivity index (χ1n) is 3.40. The summed E-state index contributed by atoms with van der Waals surface area (Å²) in [5.41, 5.74) is 0. The molecule has 1 atom stereocenters. The van der Waals surface area contributed by atoms with Crippen LogP contribution in [0.15, 0.2) is 0 Å². The fraction of sp³-hybridized carbons (Fsp3) is 0.714. The average Bonchev–Trinajstić information content (AvgIpc) is 1.87. The summed E-state index contributed by atoms with van der Waals surface area (Å²) in [4.78, 5) is 21.1. The van der Waals surface area contributed by atoms with Crippen molar-refractivity contribution < 1.29 is 18.7 Å². The van der Waals surface area contributed by atoms with Crippen LogP contribution >= 0.6 is 0 Å². The third-order valence-electron chi connectivity index (χ3n) is 1.07. The van der Waals surface area contributed by atoms with Gasteiger partial charge in [0.25, 0.3) is 0 Å². The number of hydrogen-bond acceptors (Lipinski definition) is 3. The molecule has 0 N–H and O–H groups in total. The highest BCUT2D eigenvalue weighted by Gasteiger charge is 2.15. The smallest absolute Gasteiger partial charge is 0.313 e. The van der Waals surface area contributed by atoms with Crippen LogP contribution in [-0.4, -0.2) is 24.5 Å². The number of ketones is 1. The van der Waals surface area contributed by atoms with E-state index >= 15 is 0 Å². The number of alkyl halides is 1. The first kappa shape index (κ1) is 10.1. The van der Waals surface area contributed by atoms with Gasteiger partial charge in [-0.2, -0.15) is 0 Å². The second kappa shape index (κ2) is 4.82. The molecule has 0 aliphatic rings. The van der Waals surface area contributed by atoms with Crippen LogP contribution in [0.1, 0.15) is 20.3 Å². The first-order valence-corrected chi connectivity index (χ1v) is 3.40. The van der Waals surface area contributed by atoms with Crippen LogP contribution < -0.4 is 0 Å². The Morgan fingerprint density at radius 2 is 2.09 bits per heavy atom. The van der Waals surface area contributed by atoms with Gasteiger partial charge in [0.05, 0.1) is 6.61 Å². The Bertz CT molecular complexity index is 154. The number of halogens is 1. The molecule has 64 valence electrons. The molecular weight excluding hydrogens is 151 g/mol. The van der Waals surface area contributed by atoms with Gasteiger partial charge in [-0.05, 0) is 13.8 Å². The van der Waals surface area contributed by atoms with Crippen molar-refractivity contribution in [1.29, 1.82) is 0 Å². The molecule has 0 aromatic rings. The van der Waals surface area contributed by atoms with E-state index in [1.165, 1.54) is 0 Å². The minimum Gasteiger partial charge on any atom is -0.466 e. The highest BCUT2D eigenvalue weighted by Crippen LogP contribution is 1.96. The van der Waals surface area contributed by atoms with Crippen LogP contribution in [0, 0.1) is 0 Å². The van der Waals surface area contributed by atoms with Crippen LogP contribution in [0.25, 0.3) is 0 Å². The van der Waals surface area contributed by atoms with E-state index in [4.69, 9.17) is 0 Å². The largest absolute Gasteiger partial charge is 0.466 e. The van der Waals surface area contributed by atoms with Crippen molar-refractivity contribution in [1.82, 2.24) is 0 Å². The second-order valence-electron chi connectivity index (χ2n) is 2.06. The maximum Gasteiger partial charge on any atom is 0.313 e. The van der Waals surface area contributed by atoms with Crippen molar-refractivity contribution in [3.05, 3.63) is 0 Å². The molecule has 0 heterocycles. The zero-order valence-electron chi connectivity index (χ0n) is 6.59. The fourth-order valence-electron chi connectivity index (χ4n) is 0.495. The Labute approximate surface area is 64.5 Å². The lowest BCUT2D eigenvalue weighted by molar-refractivity contribution is -0.146. The molecule has 0 aromatic carbocycles. The summed E-state index contributed by atoms with van der Waals surface area (Å²) in [6.07, 6.45) is -2.05. The number of hydrogen-bond donors (Lipinski definition) is 0. The SMILES string of the molecule is CCOC(=O)CC(=O)[C@@H](C)F. The van der Waals surface area contributed by atoms with E-state index in [2.05, 4.69) is 4.74 Å². The summed E-state index contributed by atoms with van der Waals surface area (Å²) in [6.45, 7) is 2.94. The van der Waals surface area contributed by atoms with Crippen LogP contribution in [0.2, 0.25) is 0 Å². The van der Waals surface area contributed by atoms with E-state index in [1.807, 2.05) is 0 Å². The molecule has 0 aliphatic carbocycles. The molecule has 0 spiro atoms. The van der Waals surface area contributed by atoms with Crippen molar-refractivity contribution in [2.75, 3.05) is 6.61 Å².